The number of likely N-dealkylation sites (tertiary alicyclic amines) is 1. The summed E-state index contributed by atoms with van der Waals surface area (Å²) in [5.41, 5.74) is 0.591. The molecule has 0 bridgehead atoms. The number of alkyl halides is 3. The van der Waals surface area contributed by atoms with Crippen molar-refractivity contribution in [1.82, 2.24) is 4.90 Å². The Morgan fingerprint density at radius 3 is 2.58 bits per heavy atom. The molecular formula is C26H38F3NO3. The van der Waals surface area contributed by atoms with E-state index in [1.165, 1.54) is 5.57 Å². The molecule has 4 fully saturated rings. The standard InChI is InChI=1S/C26H38F3NO3/c1-16(13-30-14-25(33,15-30)26(27,28)29)21-8-9-22-18(5-4-10-24(21,22)3)6-7-19-11-20(31)12-23(32)17(19)2/h6-7,16,20-23,31-33H,2,4-5,8-15H2,1,3H3/b18-6+,19-7-/t16?,20-,21-,22+,23+,24-/m1/s1. The summed E-state index contributed by atoms with van der Waals surface area (Å²) in [5, 5.41) is 29.9. The molecule has 0 aromatic rings. The minimum atomic E-state index is -4.57. The molecule has 7 heteroatoms. The summed E-state index contributed by atoms with van der Waals surface area (Å²) in [6.07, 6.45) is 4.67. The SMILES string of the molecule is C=C1/C(=C\C=C2/CCC[C@]3(C)[C@@H](C(C)CN4CC(O)(C(F)(F)F)C4)CC[C@@H]23)C[C@@H](O)C[C@@H]1O. The molecule has 0 radical (unpaired) electrons. The van der Waals surface area contributed by atoms with Gasteiger partial charge in [-0.3, -0.25) is 4.90 Å². The zero-order valence-electron chi connectivity index (χ0n) is 19.7. The van der Waals surface area contributed by atoms with Gasteiger partial charge >= 0.3 is 6.18 Å². The van der Waals surface area contributed by atoms with Crippen molar-refractivity contribution in [3.05, 3.63) is 35.5 Å². The molecule has 3 aliphatic carbocycles. The van der Waals surface area contributed by atoms with Crippen molar-refractivity contribution in [2.24, 2.45) is 23.2 Å². The van der Waals surface area contributed by atoms with Crippen LogP contribution in [-0.4, -0.2) is 63.8 Å². The number of β-amino-alcohol motifs (C(OH)–C–C–N with tert-alkyl or cyclic N) is 1. The van der Waals surface area contributed by atoms with Crippen molar-refractivity contribution < 1.29 is 28.5 Å². The Balaban J connectivity index is 1.43. The van der Waals surface area contributed by atoms with E-state index < -0.39 is 24.0 Å². The Morgan fingerprint density at radius 1 is 1.21 bits per heavy atom. The Bertz CT molecular complexity index is 829. The van der Waals surface area contributed by atoms with Crippen molar-refractivity contribution >= 4 is 0 Å². The lowest BCUT2D eigenvalue weighted by atomic mass is 9.61. The van der Waals surface area contributed by atoms with Gasteiger partial charge in [-0.2, -0.15) is 13.2 Å². The van der Waals surface area contributed by atoms with E-state index in [-0.39, 0.29) is 24.4 Å². The Kier molecular flexibility index (Phi) is 6.66. The van der Waals surface area contributed by atoms with Gasteiger partial charge in [-0.1, -0.05) is 38.2 Å². The fourth-order valence-electron chi connectivity index (χ4n) is 7.22. The summed E-state index contributed by atoms with van der Waals surface area (Å²) in [7, 11) is 0. The van der Waals surface area contributed by atoms with Crippen molar-refractivity contribution in [2.45, 2.75) is 82.8 Å². The van der Waals surface area contributed by atoms with Gasteiger partial charge in [0, 0.05) is 26.1 Å². The van der Waals surface area contributed by atoms with Gasteiger partial charge in [-0.25, -0.2) is 0 Å². The highest BCUT2D eigenvalue weighted by Crippen LogP contribution is 2.59. The summed E-state index contributed by atoms with van der Waals surface area (Å²) in [5.74, 6) is 1.15. The summed E-state index contributed by atoms with van der Waals surface area (Å²) >= 11 is 0. The largest absolute Gasteiger partial charge is 0.419 e. The number of aliphatic hydroxyl groups is 3. The molecular weight excluding hydrogens is 431 g/mol. The average molecular weight is 470 g/mol. The Morgan fingerprint density at radius 2 is 1.91 bits per heavy atom. The van der Waals surface area contributed by atoms with Gasteiger partial charge in [0.2, 0.25) is 0 Å². The van der Waals surface area contributed by atoms with Crippen molar-refractivity contribution in [3.63, 3.8) is 0 Å². The maximum atomic E-state index is 13.0. The normalized spacial score (nSPS) is 40.7. The lowest BCUT2D eigenvalue weighted by Crippen LogP contribution is -2.69. The fraction of sp³-hybridized carbons (Fsp3) is 0.769. The lowest BCUT2D eigenvalue weighted by molar-refractivity contribution is -0.302. The number of fused-ring (bicyclic) bond motifs is 1. The van der Waals surface area contributed by atoms with Crippen LogP contribution in [0, 0.1) is 23.2 Å². The molecule has 0 aromatic heterocycles. The van der Waals surface area contributed by atoms with Crippen LogP contribution in [0.5, 0.6) is 0 Å². The molecule has 1 saturated heterocycles. The molecule has 1 heterocycles. The monoisotopic (exact) mass is 469 g/mol. The van der Waals surface area contributed by atoms with Crippen LogP contribution in [0.4, 0.5) is 13.2 Å². The molecule has 3 N–H and O–H groups in total. The first kappa shape index (κ1) is 25.0. The summed E-state index contributed by atoms with van der Waals surface area (Å²) < 4.78 is 38.9. The molecule has 0 aromatic carbocycles. The van der Waals surface area contributed by atoms with E-state index in [4.69, 9.17) is 0 Å². The van der Waals surface area contributed by atoms with Gasteiger partial charge in [0.15, 0.2) is 5.60 Å². The predicted octanol–water partition coefficient (Wildman–Crippen LogP) is 4.37. The quantitative estimate of drug-likeness (QED) is 0.572. The van der Waals surface area contributed by atoms with E-state index in [2.05, 4.69) is 26.5 Å². The molecule has 186 valence electrons. The van der Waals surface area contributed by atoms with Crippen LogP contribution < -0.4 is 0 Å². The maximum absolute atomic E-state index is 13.0. The molecule has 6 atom stereocenters. The summed E-state index contributed by atoms with van der Waals surface area (Å²) in [6.45, 7) is 8.44. The number of aliphatic hydroxyl groups excluding tert-OH is 2. The van der Waals surface area contributed by atoms with E-state index in [0.29, 0.717) is 36.8 Å². The first-order valence-electron chi connectivity index (χ1n) is 12.3. The number of hydrogen-bond donors (Lipinski definition) is 3. The number of rotatable bonds is 4. The van der Waals surface area contributed by atoms with Gasteiger partial charge in [0.1, 0.15) is 0 Å². The van der Waals surface area contributed by atoms with Crippen LogP contribution in [0.3, 0.4) is 0 Å². The van der Waals surface area contributed by atoms with Crippen molar-refractivity contribution in [1.29, 1.82) is 0 Å². The predicted molar refractivity (Wildman–Crippen MR) is 121 cm³/mol. The smallest absolute Gasteiger partial charge is 0.393 e. The van der Waals surface area contributed by atoms with E-state index >= 15 is 0 Å². The Labute approximate surface area is 194 Å². The molecule has 0 amide bonds. The molecule has 4 nitrogen and oxygen atoms in total. The van der Waals surface area contributed by atoms with Gasteiger partial charge < -0.3 is 15.3 Å². The lowest BCUT2D eigenvalue weighted by Gasteiger charge is -2.50. The zero-order valence-corrected chi connectivity index (χ0v) is 19.7. The number of nitrogens with zero attached hydrogens (tertiary/aromatic N) is 1. The van der Waals surface area contributed by atoms with E-state index in [1.54, 1.807) is 4.90 Å². The summed E-state index contributed by atoms with van der Waals surface area (Å²) in [4.78, 5) is 1.74. The Hall–Kier alpha value is -1.15. The molecule has 1 aliphatic heterocycles. The second-order valence-corrected chi connectivity index (χ2v) is 11.3. The van der Waals surface area contributed by atoms with Crippen LogP contribution in [0.1, 0.15) is 58.8 Å². The van der Waals surface area contributed by atoms with Crippen molar-refractivity contribution in [3.8, 4) is 0 Å². The topological polar surface area (TPSA) is 63.9 Å². The molecule has 33 heavy (non-hydrogen) atoms. The van der Waals surface area contributed by atoms with Crippen LogP contribution in [0.2, 0.25) is 0 Å². The minimum Gasteiger partial charge on any atom is -0.393 e. The molecule has 3 saturated carbocycles. The van der Waals surface area contributed by atoms with Crippen LogP contribution in [-0.2, 0) is 0 Å². The van der Waals surface area contributed by atoms with Gasteiger partial charge in [-0.05, 0) is 72.8 Å². The van der Waals surface area contributed by atoms with Gasteiger partial charge in [0.25, 0.3) is 0 Å². The first-order valence-corrected chi connectivity index (χ1v) is 12.3. The third-order valence-electron chi connectivity index (χ3n) is 9.03. The second-order valence-electron chi connectivity index (χ2n) is 11.3. The van der Waals surface area contributed by atoms with Crippen LogP contribution in [0.25, 0.3) is 0 Å². The number of allylic oxidation sites excluding steroid dienone is 3. The highest BCUT2D eigenvalue weighted by atomic mass is 19.4. The number of hydrogen-bond acceptors (Lipinski definition) is 4. The maximum Gasteiger partial charge on any atom is 0.419 e. The third kappa shape index (κ3) is 4.58. The molecule has 0 spiro atoms. The number of halogens is 3. The third-order valence-corrected chi connectivity index (χ3v) is 9.03. The molecule has 4 aliphatic rings. The highest BCUT2D eigenvalue weighted by Gasteiger charge is 2.61. The average Bonchev–Trinajstić information content (AvgIpc) is 3.05. The van der Waals surface area contributed by atoms with E-state index in [0.717, 1.165) is 37.7 Å². The zero-order chi connectivity index (χ0) is 24.2. The van der Waals surface area contributed by atoms with Gasteiger partial charge in [0.05, 0.1) is 12.2 Å². The minimum absolute atomic E-state index is 0.121. The van der Waals surface area contributed by atoms with E-state index in [9.17, 15) is 28.5 Å². The van der Waals surface area contributed by atoms with Crippen LogP contribution >= 0.6 is 0 Å². The van der Waals surface area contributed by atoms with Crippen LogP contribution in [0.15, 0.2) is 35.5 Å². The highest BCUT2D eigenvalue weighted by molar-refractivity contribution is 5.38. The second kappa shape index (κ2) is 8.81. The first-order chi connectivity index (χ1) is 15.3. The van der Waals surface area contributed by atoms with E-state index in [1.807, 2.05) is 6.08 Å². The van der Waals surface area contributed by atoms with Crippen molar-refractivity contribution in [2.75, 3.05) is 19.6 Å². The fourth-order valence-corrected chi connectivity index (χ4v) is 7.22. The summed E-state index contributed by atoms with van der Waals surface area (Å²) in [6, 6.07) is 0. The molecule has 1 unspecified atom stereocenters. The molecule has 4 rings (SSSR count). The van der Waals surface area contributed by atoms with Gasteiger partial charge in [-0.15, -0.1) is 0 Å².